The Labute approximate surface area is 57.3 Å². The Balaban J connectivity index is 2.76. The standard InChI is InChI=1S/C6H7NOS/c7-6(3-8)5-1-2-9-4-5/h1-4,6H,7H2/t6-/m1/s1. The van der Waals surface area contributed by atoms with Crippen LogP contribution in [0.25, 0.3) is 0 Å². The second kappa shape index (κ2) is 2.75. The first kappa shape index (κ1) is 6.45. The zero-order valence-corrected chi connectivity index (χ0v) is 5.60. The maximum atomic E-state index is 10.1. The van der Waals surface area contributed by atoms with Crippen LogP contribution in [-0.2, 0) is 4.79 Å². The van der Waals surface area contributed by atoms with Crippen LogP contribution >= 0.6 is 11.3 Å². The molecule has 0 bridgehead atoms. The third-order valence-electron chi connectivity index (χ3n) is 1.07. The van der Waals surface area contributed by atoms with E-state index in [4.69, 9.17) is 5.73 Å². The fourth-order valence-electron chi connectivity index (χ4n) is 0.543. The van der Waals surface area contributed by atoms with Gasteiger partial charge in [0.15, 0.2) is 0 Å². The van der Waals surface area contributed by atoms with E-state index in [1.165, 1.54) is 0 Å². The highest BCUT2D eigenvalue weighted by molar-refractivity contribution is 7.08. The van der Waals surface area contributed by atoms with Gasteiger partial charge in [0.1, 0.15) is 6.29 Å². The summed E-state index contributed by atoms with van der Waals surface area (Å²) in [5.41, 5.74) is 6.28. The zero-order chi connectivity index (χ0) is 6.69. The molecule has 0 aliphatic carbocycles. The zero-order valence-electron chi connectivity index (χ0n) is 4.78. The first-order valence-corrected chi connectivity index (χ1v) is 3.52. The van der Waals surface area contributed by atoms with Gasteiger partial charge in [0.05, 0.1) is 6.04 Å². The molecule has 1 aromatic rings. The van der Waals surface area contributed by atoms with Gasteiger partial charge in [0.25, 0.3) is 0 Å². The summed E-state index contributed by atoms with van der Waals surface area (Å²) in [6, 6.07) is 1.42. The van der Waals surface area contributed by atoms with Crippen LogP contribution in [-0.4, -0.2) is 6.29 Å². The number of aldehydes is 1. The Morgan fingerprint density at radius 1 is 1.78 bits per heavy atom. The topological polar surface area (TPSA) is 43.1 Å². The van der Waals surface area contributed by atoms with Gasteiger partial charge >= 0.3 is 0 Å². The molecule has 9 heavy (non-hydrogen) atoms. The summed E-state index contributed by atoms with van der Waals surface area (Å²) in [5.74, 6) is 0. The molecule has 1 rings (SSSR count). The molecule has 0 saturated heterocycles. The maximum absolute atomic E-state index is 10.1. The third kappa shape index (κ3) is 1.37. The van der Waals surface area contributed by atoms with E-state index >= 15 is 0 Å². The molecule has 1 atom stereocenters. The van der Waals surface area contributed by atoms with Gasteiger partial charge in [0, 0.05) is 0 Å². The Kier molecular flexibility index (Phi) is 1.97. The molecule has 2 N–H and O–H groups in total. The Bertz CT molecular complexity index is 183. The molecule has 0 fully saturated rings. The van der Waals surface area contributed by atoms with Crippen LogP contribution in [0.4, 0.5) is 0 Å². The predicted octanol–water partition coefficient (Wildman–Crippen LogP) is 0.947. The molecular formula is C6H7NOS. The van der Waals surface area contributed by atoms with Crippen LogP contribution in [0.2, 0.25) is 0 Å². The average Bonchev–Trinajstić information content (AvgIpc) is 2.37. The van der Waals surface area contributed by atoms with Gasteiger partial charge in [-0.05, 0) is 22.4 Å². The number of carbonyl (C=O) groups excluding carboxylic acids is 1. The number of hydrogen-bond acceptors (Lipinski definition) is 3. The molecule has 48 valence electrons. The van der Waals surface area contributed by atoms with Crippen molar-refractivity contribution in [2.24, 2.45) is 5.73 Å². The maximum Gasteiger partial charge on any atom is 0.141 e. The lowest BCUT2D eigenvalue weighted by atomic mass is 10.2. The molecule has 0 aliphatic heterocycles. The van der Waals surface area contributed by atoms with Gasteiger partial charge in [-0.25, -0.2) is 0 Å². The van der Waals surface area contributed by atoms with Crippen LogP contribution in [0.5, 0.6) is 0 Å². The largest absolute Gasteiger partial charge is 0.318 e. The van der Waals surface area contributed by atoms with Crippen molar-refractivity contribution >= 4 is 17.6 Å². The summed E-state index contributed by atoms with van der Waals surface area (Å²) in [6.45, 7) is 0. The van der Waals surface area contributed by atoms with Crippen molar-refractivity contribution in [2.45, 2.75) is 6.04 Å². The van der Waals surface area contributed by atoms with Crippen molar-refractivity contribution in [3.63, 3.8) is 0 Å². The smallest absolute Gasteiger partial charge is 0.141 e. The monoisotopic (exact) mass is 141 g/mol. The molecule has 0 saturated carbocycles. The van der Waals surface area contributed by atoms with E-state index in [1.807, 2.05) is 16.8 Å². The van der Waals surface area contributed by atoms with Gasteiger partial charge in [-0.3, -0.25) is 0 Å². The Morgan fingerprint density at radius 3 is 3.00 bits per heavy atom. The fraction of sp³-hybridized carbons (Fsp3) is 0.167. The van der Waals surface area contributed by atoms with Gasteiger partial charge < -0.3 is 10.5 Å². The first-order chi connectivity index (χ1) is 4.34. The third-order valence-corrected chi connectivity index (χ3v) is 1.78. The van der Waals surface area contributed by atoms with Crippen LogP contribution in [0, 0.1) is 0 Å². The molecule has 1 heterocycles. The van der Waals surface area contributed by atoms with Crippen LogP contribution in [0.3, 0.4) is 0 Å². The molecule has 0 aromatic carbocycles. The quantitative estimate of drug-likeness (QED) is 0.623. The minimum atomic E-state index is -0.434. The summed E-state index contributed by atoms with van der Waals surface area (Å²) in [7, 11) is 0. The van der Waals surface area contributed by atoms with E-state index in [0.29, 0.717) is 0 Å². The summed E-state index contributed by atoms with van der Waals surface area (Å²) in [5, 5.41) is 3.78. The second-order valence-electron chi connectivity index (χ2n) is 1.72. The molecule has 1 aromatic heterocycles. The van der Waals surface area contributed by atoms with Crippen LogP contribution in [0.1, 0.15) is 11.6 Å². The fourth-order valence-corrected chi connectivity index (χ4v) is 1.25. The molecule has 0 aliphatic rings. The molecule has 2 nitrogen and oxygen atoms in total. The van der Waals surface area contributed by atoms with Gasteiger partial charge in [0.2, 0.25) is 0 Å². The minimum Gasteiger partial charge on any atom is -0.318 e. The Hall–Kier alpha value is -0.670. The van der Waals surface area contributed by atoms with Crippen molar-refractivity contribution in [1.29, 1.82) is 0 Å². The van der Waals surface area contributed by atoms with Crippen molar-refractivity contribution in [1.82, 2.24) is 0 Å². The number of rotatable bonds is 2. The van der Waals surface area contributed by atoms with E-state index in [2.05, 4.69) is 0 Å². The average molecular weight is 141 g/mol. The van der Waals surface area contributed by atoms with Crippen molar-refractivity contribution in [3.8, 4) is 0 Å². The highest BCUT2D eigenvalue weighted by atomic mass is 32.1. The summed E-state index contributed by atoms with van der Waals surface area (Å²) < 4.78 is 0. The molecule has 0 spiro atoms. The summed E-state index contributed by atoms with van der Waals surface area (Å²) in [6.07, 6.45) is 0.738. The molecule has 0 amide bonds. The molecule has 0 unspecified atom stereocenters. The van der Waals surface area contributed by atoms with Gasteiger partial charge in [-0.2, -0.15) is 11.3 Å². The number of nitrogens with two attached hydrogens (primary N) is 1. The van der Waals surface area contributed by atoms with Crippen molar-refractivity contribution in [2.75, 3.05) is 0 Å². The SMILES string of the molecule is N[C@H](C=O)c1ccsc1. The highest BCUT2D eigenvalue weighted by Gasteiger charge is 2.01. The summed E-state index contributed by atoms with van der Waals surface area (Å²) in [4.78, 5) is 10.1. The normalized spacial score (nSPS) is 13.0. The highest BCUT2D eigenvalue weighted by Crippen LogP contribution is 2.11. The van der Waals surface area contributed by atoms with E-state index in [0.717, 1.165) is 11.8 Å². The van der Waals surface area contributed by atoms with Crippen molar-refractivity contribution in [3.05, 3.63) is 22.4 Å². The van der Waals surface area contributed by atoms with E-state index in [1.54, 1.807) is 11.3 Å². The summed E-state index contributed by atoms with van der Waals surface area (Å²) >= 11 is 1.54. The lowest BCUT2D eigenvalue weighted by Gasteiger charge is -1.95. The van der Waals surface area contributed by atoms with Crippen LogP contribution in [0.15, 0.2) is 16.8 Å². The first-order valence-electron chi connectivity index (χ1n) is 2.57. The van der Waals surface area contributed by atoms with E-state index in [9.17, 15) is 4.79 Å². The van der Waals surface area contributed by atoms with E-state index in [-0.39, 0.29) is 0 Å². The predicted molar refractivity (Wildman–Crippen MR) is 37.3 cm³/mol. The lowest BCUT2D eigenvalue weighted by molar-refractivity contribution is -0.109. The van der Waals surface area contributed by atoms with Gasteiger partial charge in [-0.15, -0.1) is 0 Å². The minimum absolute atomic E-state index is 0.434. The Morgan fingerprint density at radius 2 is 2.56 bits per heavy atom. The molecule has 0 radical (unpaired) electrons. The number of hydrogen-bond donors (Lipinski definition) is 1. The van der Waals surface area contributed by atoms with Gasteiger partial charge in [-0.1, -0.05) is 0 Å². The molecule has 3 heteroatoms. The lowest BCUT2D eigenvalue weighted by Crippen LogP contribution is -2.09. The van der Waals surface area contributed by atoms with E-state index < -0.39 is 6.04 Å². The van der Waals surface area contributed by atoms with Crippen LogP contribution < -0.4 is 5.73 Å². The number of thiophene rings is 1. The molecular weight excluding hydrogens is 134 g/mol. The second-order valence-corrected chi connectivity index (χ2v) is 2.50. The number of carbonyl (C=O) groups is 1. The van der Waals surface area contributed by atoms with Crippen molar-refractivity contribution < 1.29 is 4.79 Å².